The zero-order valence-electron chi connectivity index (χ0n) is 21.0. The molecule has 1 heteroatoms. The molecule has 0 aliphatic heterocycles. The van der Waals surface area contributed by atoms with Gasteiger partial charge >= 0.3 is 0 Å². The van der Waals surface area contributed by atoms with Gasteiger partial charge < -0.3 is 5.11 Å². The zero-order chi connectivity index (χ0) is 21.7. The first-order valence-electron chi connectivity index (χ1n) is 13.2. The number of hydrogen-bond donors (Lipinski definition) is 1. The molecule has 30 heavy (non-hydrogen) atoms. The van der Waals surface area contributed by atoms with Crippen molar-refractivity contribution in [1.82, 2.24) is 0 Å². The molecule has 1 unspecified atom stereocenters. The maximum Gasteiger partial charge on any atom is 0.0594 e. The lowest BCUT2D eigenvalue weighted by molar-refractivity contribution is -0.111. The Morgan fingerprint density at radius 1 is 0.667 bits per heavy atom. The Morgan fingerprint density at radius 3 is 2.03 bits per heavy atom. The summed E-state index contributed by atoms with van der Waals surface area (Å²) >= 11 is 0. The van der Waals surface area contributed by atoms with Crippen molar-refractivity contribution in [3.63, 3.8) is 0 Å². The van der Waals surface area contributed by atoms with Crippen LogP contribution in [0.3, 0.4) is 0 Å². The summed E-state index contributed by atoms with van der Waals surface area (Å²) in [6.45, 7) is 17.7. The first kappa shape index (κ1) is 21.5. The molecule has 0 heterocycles. The molecule has 7 atom stereocenters. The molecule has 0 aromatic heterocycles. The van der Waals surface area contributed by atoms with E-state index in [-0.39, 0.29) is 11.5 Å². The van der Waals surface area contributed by atoms with Gasteiger partial charge in [0, 0.05) is 0 Å². The number of allylic oxidation sites excluding steroid dienone is 2. The van der Waals surface area contributed by atoms with E-state index < -0.39 is 0 Å². The van der Waals surface area contributed by atoms with Crippen molar-refractivity contribution < 1.29 is 5.11 Å². The van der Waals surface area contributed by atoms with E-state index in [4.69, 9.17) is 0 Å². The van der Waals surface area contributed by atoms with Crippen molar-refractivity contribution in [3.8, 4) is 0 Å². The van der Waals surface area contributed by atoms with E-state index in [2.05, 4.69) is 48.5 Å². The van der Waals surface area contributed by atoms with E-state index in [1.807, 2.05) is 11.1 Å². The van der Waals surface area contributed by atoms with Gasteiger partial charge in [0.15, 0.2) is 0 Å². The normalized spacial score (nSPS) is 52.0. The molecule has 3 saturated carbocycles. The molecular formula is C29H48O. The summed E-state index contributed by atoms with van der Waals surface area (Å²) < 4.78 is 0. The van der Waals surface area contributed by atoms with Crippen LogP contribution in [0.2, 0.25) is 0 Å². The van der Waals surface area contributed by atoms with Gasteiger partial charge in [-0.05, 0) is 115 Å². The summed E-state index contributed by atoms with van der Waals surface area (Å²) in [5, 5.41) is 10.8. The van der Waals surface area contributed by atoms with Crippen LogP contribution in [-0.2, 0) is 0 Å². The average molecular weight is 413 g/mol. The van der Waals surface area contributed by atoms with Gasteiger partial charge in [-0.15, -0.1) is 0 Å². The van der Waals surface area contributed by atoms with Crippen LogP contribution in [-0.4, -0.2) is 11.2 Å². The maximum absolute atomic E-state index is 10.8. The van der Waals surface area contributed by atoms with Gasteiger partial charge in [-0.2, -0.15) is 0 Å². The van der Waals surface area contributed by atoms with Gasteiger partial charge in [-0.25, -0.2) is 0 Å². The minimum Gasteiger partial charge on any atom is -0.393 e. The number of rotatable bonds is 0. The van der Waals surface area contributed by atoms with Gasteiger partial charge in [0.2, 0.25) is 0 Å². The number of fused-ring (bicyclic) bond motifs is 6. The molecule has 5 rings (SSSR count). The Balaban J connectivity index is 1.54. The van der Waals surface area contributed by atoms with Crippen LogP contribution in [0.4, 0.5) is 0 Å². The second-order valence-corrected chi connectivity index (χ2v) is 14.5. The zero-order valence-corrected chi connectivity index (χ0v) is 21.0. The quantitative estimate of drug-likeness (QED) is 0.401. The van der Waals surface area contributed by atoms with Gasteiger partial charge in [-0.1, -0.05) is 59.6 Å². The van der Waals surface area contributed by atoms with Crippen molar-refractivity contribution in [2.75, 3.05) is 0 Å². The van der Waals surface area contributed by atoms with Crippen molar-refractivity contribution in [2.24, 2.45) is 44.8 Å². The highest BCUT2D eigenvalue weighted by atomic mass is 16.3. The molecule has 0 aromatic rings. The topological polar surface area (TPSA) is 20.2 Å². The molecule has 5 aliphatic carbocycles. The summed E-state index contributed by atoms with van der Waals surface area (Å²) in [6.07, 6.45) is 14.7. The fourth-order valence-electron chi connectivity index (χ4n) is 10.00. The first-order valence-corrected chi connectivity index (χ1v) is 13.2. The maximum atomic E-state index is 10.8. The van der Waals surface area contributed by atoms with E-state index in [9.17, 15) is 5.11 Å². The number of aliphatic hydroxyl groups excluding tert-OH is 1. The molecule has 170 valence electrons. The average Bonchev–Trinajstić information content (AvgIpc) is 2.66. The summed E-state index contributed by atoms with van der Waals surface area (Å²) in [5.41, 5.74) is 5.74. The predicted octanol–water partition coefficient (Wildman–Crippen LogP) is 7.92. The molecule has 3 fully saturated rings. The Morgan fingerprint density at radius 2 is 1.30 bits per heavy atom. The van der Waals surface area contributed by atoms with Crippen molar-refractivity contribution in [1.29, 1.82) is 0 Å². The Kier molecular flexibility index (Phi) is 4.59. The van der Waals surface area contributed by atoms with Crippen LogP contribution < -0.4 is 0 Å². The highest BCUT2D eigenvalue weighted by Crippen LogP contribution is 2.70. The van der Waals surface area contributed by atoms with E-state index in [0.29, 0.717) is 27.6 Å². The minimum atomic E-state index is -0.121. The molecular weight excluding hydrogens is 364 g/mol. The Bertz CT molecular complexity index is 758. The molecule has 1 N–H and O–H groups in total. The lowest BCUT2D eigenvalue weighted by Gasteiger charge is -2.65. The van der Waals surface area contributed by atoms with E-state index in [1.165, 1.54) is 64.2 Å². The van der Waals surface area contributed by atoms with Gasteiger partial charge in [-0.3, -0.25) is 0 Å². The Hall–Kier alpha value is -0.300. The predicted molar refractivity (Wildman–Crippen MR) is 126 cm³/mol. The highest BCUT2D eigenvalue weighted by Gasteiger charge is 2.61. The lowest BCUT2D eigenvalue weighted by Crippen LogP contribution is -2.57. The monoisotopic (exact) mass is 412 g/mol. The third kappa shape index (κ3) is 2.75. The third-order valence-electron chi connectivity index (χ3n) is 12.2. The van der Waals surface area contributed by atoms with Crippen molar-refractivity contribution in [3.05, 3.63) is 11.1 Å². The number of hydrogen-bond acceptors (Lipinski definition) is 1. The molecule has 0 bridgehead atoms. The largest absolute Gasteiger partial charge is 0.393 e. The van der Waals surface area contributed by atoms with Crippen molar-refractivity contribution in [2.45, 2.75) is 125 Å². The first-order chi connectivity index (χ1) is 13.8. The molecule has 0 amide bonds. The van der Waals surface area contributed by atoms with Gasteiger partial charge in [0.05, 0.1) is 6.10 Å². The molecule has 1 nitrogen and oxygen atoms in total. The Labute approximate surface area is 186 Å². The summed E-state index contributed by atoms with van der Waals surface area (Å²) in [6, 6.07) is 0. The highest BCUT2D eigenvalue weighted by molar-refractivity contribution is 5.37. The molecule has 0 radical (unpaired) electrons. The van der Waals surface area contributed by atoms with Crippen molar-refractivity contribution >= 4 is 0 Å². The van der Waals surface area contributed by atoms with E-state index in [1.54, 1.807) is 0 Å². The van der Waals surface area contributed by atoms with Crippen LogP contribution in [0, 0.1) is 44.8 Å². The van der Waals surface area contributed by atoms with Gasteiger partial charge in [0.25, 0.3) is 0 Å². The van der Waals surface area contributed by atoms with E-state index in [0.717, 1.165) is 18.3 Å². The summed E-state index contributed by atoms with van der Waals surface area (Å²) in [5.74, 6) is 2.47. The van der Waals surface area contributed by atoms with E-state index >= 15 is 0 Å². The van der Waals surface area contributed by atoms with Crippen LogP contribution in [0.1, 0.15) is 119 Å². The summed E-state index contributed by atoms with van der Waals surface area (Å²) in [4.78, 5) is 0. The molecule has 5 aliphatic rings. The molecule has 0 saturated heterocycles. The fraction of sp³-hybridized carbons (Fsp3) is 0.931. The number of aliphatic hydroxyl groups is 1. The van der Waals surface area contributed by atoms with Crippen LogP contribution >= 0.6 is 0 Å². The second kappa shape index (κ2) is 6.39. The smallest absolute Gasteiger partial charge is 0.0594 e. The summed E-state index contributed by atoms with van der Waals surface area (Å²) in [7, 11) is 0. The second-order valence-electron chi connectivity index (χ2n) is 14.5. The van der Waals surface area contributed by atoms with Gasteiger partial charge in [0.1, 0.15) is 0 Å². The van der Waals surface area contributed by atoms with Crippen LogP contribution in [0.15, 0.2) is 11.1 Å². The van der Waals surface area contributed by atoms with Crippen LogP contribution in [0.25, 0.3) is 0 Å². The minimum absolute atomic E-state index is 0.0574. The molecule has 0 spiro atoms. The fourth-order valence-corrected chi connectivity index (χ4v) is 10.00. The standard InChI is InChI=1S/C29H48O/c1-25(2)14-15-27(5)16-17-28(6)19-10-11-23-26(3,4)24(30)12-13-29(23,7)20(19)8-9-21(28)22(27)18-25/h21-24,30H,8-18H2,1-7H3/t21-,22+,23+,24?,27-,28+,29-/m1/s1. The third-order valence-corrected chi connectivity index (χ3v) is 12.2. The SMILES string of the molecule is CC1(C)CC[C@]2(C)CC[C@@]3(C)C4=C(CC[C@@H]3[C@@H]2C1)[C@@]1(C)CCC(O)C(C)(C)[C@@H]1CC4. The van der Waals surface area contributed by atoms with Crippen LogP contribution in [0.5, 0.6) is 0 Å². The lowest BCUT2D eigenvalue weighted by atomic mass is 9.40. The molecule has 0 aromatic carbocycles.